The van der Waals surface area contributed by atoms with Gasteiger partial charge >= 0.3 is 6.03 Å². The van der Waals surface area contributed by atoms with Crippen molar-refractivity contribution in [3.05, 3.63) is 80.5 Å². The van der Waals surface area contributed by atoms with Crippen LogP contribution in [0.15, 0.2) is 60.0 Å². The Bertz CT molecular complexity index is 1200. The fourth-order valence-electron chi connectivity index (χ4n) is 4.26. The first-order valence-electron chi connectivity index (χ1n) is 12.0. The summed E-state index contributed by atoms with van der Waals surface area (Å²) < 4.78 is 11.2. The highest BCUT2D eigenvalue weighted by molar-refractivity contribution is 7.10. The molecule has 3 amide bonds. The van der Waals surface area contributed by atoms with Crippen LogP contribution in [0, 0.1) is 0 Å². The van der Waals surface area contributed by atoms with Gasteiger partial charge in [0.2, 0.25) is 5.91 Å². The molecule has 0 saturated heterocycles. The second-order valence-electron chi connectivity index (χ2n) is 8.63. The van der Waals surface area contributed by atoms with Gasteiger partial charge in [-0.15, -0.1) is 11.3 Å². The van der Waals surface area contributed by atoms with E-state index in [-0.39, 0.29) is 24.5 Å². The van der Waals surface area contributed by atoms with Gasteiger partial charge in [0.1, 0.15) is 18.9 Å². The number of methoxy groups -OCH3 is 1. The van der Waals surface area contributed by atoms with Crippen molar-refractivity contribution in [1.29, 1.82) is 0 Å². The molecule has 3 aromatic rings. The van der Waals surface area contributed by atoms with Crippen molar-refractivity contribution in [2.75, 3.05) is 45.3 Å². The number of carbonyl (C=O) groups excluding carboxylic acids is 2. The summed E-state index contributed by atoms with van der Waals surface area (Å²) in [6.45, 7) is 1.65. The van der Waals surface area contributed by atoms with Crippen molar-refractivity contribution in [3.63, 3.8) is 0 Å². The van der Waals surface area contributed by atoms with Crippen molar-refractivity contribution in [2.45, 2.75) is 18.9 Å². The predicted molar refractivity (Wildman–Crippen MR) is 148 cm³/mol. The summed E-state index contributed by atoms with van der Waals surface area (Å²) in [6, 6.07) is 15.5. The number of carbonyl (C=O) groups is 2. The van der Waals surface area contributed by atoms with E-state index in [1.54, 1.807) is 54.8 Å². The molecule has 10 heteroatoms. The van der Waals surface area contributed by atoms with Crippen molar-refractivity contribution in [3.8, 4) is 5.75 Å². The van der Waals surface area contributed by atoms with Gasteiger partial charge in [0.05, 0.1) is 6.04 Å². The lowest BCUT2D eigenvalue weighted by molar-refractivity contribution is -0.135. The van der Waals surface area contributed by atoms with E-state index in [0.717, 1.165) is 12.0 Å². The molecule has 4 rings (SSSR count). The molecule has 0 radical (unpaired) electrons. The lowest BCUT2D eigenvalue weighted by Crippen LogP contribution is -2.49. The molecule has 0 aliphatic carbocycles. The van der Waals surface area contributed by atoms with Crippen LogP contribution >= 0.6 is 34.5 Å². The van der Waals surface area contributed by atoms with Gasteiger partial charge in [0, 0.05) is 47.4 Å². The predicted octanol–water partition coefficient (Wildman–Crippen LogP) is 6.13. The Kier molecular flexibility index (Phi) is 9.68. The molecular formula is C27H29Cl2N3O4S. The van der Waals surface area contributed by atoms with Crippen LogP contribution in [0.4, 0.5) is 10.5 Å². The van der Waals surface area contributed by atoms with Crippen LogP contribution in [0.5, 0.6) is 5.75 Å². The molecule has 0 unspecified atom stereocenters. The fourth-order valence-corrected chi connectivity index (χ4v) is 5.50. The standard InChI is InChI=1S/C27H29Cl2N3O4S/c1-35-14-3-12-31(27(34)30-21-5-2-4-20(29)16-21)17-26(33)32-13-10-25-23(11-15-37-25)24(32)18-36-22-8-6-19(28)7-9-22/h2,4-9,11,15-16,24H,3,10,12-14,17-18H2,1H3,(H,30,34)/t24-/m1/s1. The largest absolute Gasteiger partial charge is 0.491 e. The highest BCUT2D eigenvalue weighted by Gasteiger charge is 2.33. The Morgan fingerprint density at radius 3 is 2.70 bits per heavy atom. The van der Waals surface area contributed by atoms with Crippen LogP contribution in [-0.4, -0.2) is 61.7 Å². The van der Waals surface area contributed by atoms with E-state index in [1.165, 1.54) is 9.78 Å². The number of hydrogen-bond acceptors (Lipinski definition) is 5. The molecule has 7 nitrogen and oxygen atoms in total. The first-order chi connectivity index (χ1) is 17.9. The highest BCUT2D eigenvalue weighted by atomic mass is 35.5. The number of ether oxygens (including phenoxy) is 2. The molecule has 0 saturated carbocycles. The minimum absolute atomic E-state index is 0.0625. The Morgan fingerprint density at radius 2 is 1.95 bits per heavy atom. The maximum atomic E-state index is 13.6. The van der Waals surface area contributed by atoms with Crippen LogP contribution in [0.3, 0.4) is 0 Å². The number of urea groups is 1. The van der Waals surface area contributed by atoms with Crippen molar-refractivity contribution in [1.82, 2.24) is 9.80 Å². The smallest absolute Gasteiger partial charge is 0.322 e. The molecule has 1 atom stereocenters. The summed E-state index contributed by atoms with van der Waals surface area (Å²) in [5.41, 5.74) is 1.66. The van der Waals surface area contributed by atoms with Gasteiger partial charge in [-0.25, -0.2) is 4.79 Å². The minimum Gasteiger partial charge on any atom is -0.491 e. The molecule has 1 aromatic heterocycles. The van der Waals surface area contributed by atoms with Gasteiger partial charge in [-0.1, -0.05) is 29.3 Å². The van der Waals surface area contributed by atoms with Crippen LogP contribution in [0.2, 0.25) is 10.0 Å². The van der Waals surface area contributed by atoms with Gasteiger partial charge in [-0.3, -0.25) is 4.79 Å². The molecule has 37 heavy (non-hydrogen) atoms. The third-order valence-electron chi connectivity index (χ3n) is 6.10. The number of nitrogens with zero attached hydrogens (tertiary/aromatic N) is 2. The number of hydrogen-bond donors (Lipinski definition) is 1. The van der Waals surface area contributed by atoms with E-state index < -0.39 is 0 Å². The van der Waals surface area contributed by atoms with E-state index in [0.29, 0.717) is 54.2 Å². The van der Waals surface area contributed by atoms with E-state index in [4.69, 9.17) is 32.7 Å². The number of nitrogens with one attached hydrogen (secondary N) is 1. The lowest BCUT2D eigenvalue weighted by Gasteiger charge is -2.37. The summed E-state index contributed by atoms with van der Waals surface area (Å²) in [6.07, 6.45) is 1.37. The summed E-state index contributed by atoms with van der Waals surface area (Å²) in [5, 5.41) is 6.04. The zero-order chi connectivity index (χ0) is 26.2. The summed E-state index contributed by atoms with van der Waals surface area (Å²) in [5.74, 6) is 0.543. The number of amides is 3. The van der Waals surface area contributed by atoms with Gasteiger partial charge in [0.25, 0.3) is 0 Å². The van der Waals surface area contributed by atoms with Crippen LogP contribution in [0.1, 0.15) is 22.9 Å². The number of rotatable bonds is 10. The number of thiophene rings is 1. The molecule has 0 bridgehead atoms. The second kappa shape index (κ2) is 13.1. The molecule has 1 aliphatic rings. The molecule has 1 aliphatic heterocycles. The minimum atomic E-state index is -0.367. The molecule has 0 fully saturated rings. The average molecular weight is 563 g/mol. The van der Waals surface area contributed by atoms with E-state index in [9.17, 15) is 9.59 Å². The number of fused-ring (bicyclic) bond motifs is 1. The lowest BCUT2D eigenvalue weighted by atomic mass is 10.0. The quantitative estimate of drug-likeness (QED) is 0.302. The SMILES string of the molecule is COCCCN(CC(=O)N1CCc2sccc2[C@H]1COc1ccc(Cl)cc1)C(=O)Nc1cccc(Cl)c1. The Hall–Kier alpha value is -2.78. The van der Waals surface area contributed by atoms with Crippen LogP contribution < -0.4 is 10.1 Å². The second-order valence-corrected chi connectivity index (χ2v) is 10.5. The van der Waals surface area contributed by atoms with E-state index in [2.05, 4.69) is 11.4 Å². The molecule has 196 valence electrons. The third kappa shape index (κ3) is 7.38. The number of halogens is 2. The fraction of sp³-hybridized carbons (Fsp3) is 0.333. The van der Waals surface area contributed by atoms with Crippen molar-refractivity contribution >= 4 is 52.2 Å². The average Bonchev–Trinajstić information content (AvgIpc) is 3.37. The number of benzene rings is 2. The molecule has 1 N–H and O–H groups in total. The van der Waals surface area contributed by atoms with Crippen molar-refractivity contribution in [2.24, 2.45) is 0 Å². The zero-order valence-electron chi connectivity index (χ0n) is 20.5. The Balaban J connectivity index is 1.48. The molecule has 2 heterocycles. The first kappa shape index (κ1) is 27.3. The van der Waals surface area contributed by atoms with Crippen molar-refractivity contribution < 1.29 is 19.1 Å². The maximum Gasteiger partial charge on any atom is 0.322 e. The Labute approximate surface area is 230 Å². The zero-order valence-corrected chi connectivity index (χ0v) is 22.8. The van der Waals surface area contributed by atoms with Gasteiger partial charge in [-0.05, 0) is 72.3 Å². The number of anilines is 1. The first-order valence-corrected chi connectivity index (χ1v) is 13.6. The maximum absolute atomic E-state index is 13.6. The van der Waals surface area contributed by atoms with Crippen LogP contribution in [0.25, 0.3) is 0 Å². The molecule has 2 aromatic carbocycles. The summed E-state index contributed by atoms with van der Waals surface area (Å²) in [7, 11) is 1.61. The summed E-state index contributed by atoms with van der Waals surface area (Å²) >= 11 is 13.8. The van der Waals surface area contributed by atoms with Gasteiger partial charge < -0.3 is 24.6 Å². The topological polar surface area (TPSA) is 71.1 Å². The Morgan fingerprint density at radius 1 is 1.14 bits per heavy atom. The summed E-state index contributed by atoms with van der Waals surface area (Å²) in [4.78, 5) is 31.4. The van der Waals surface area contributed by atoms with Gasteiger partial charge in [-0.2, -0.15) is 0 Å². The van der Waals surface area contributed by atoms with E-state index >= 15 is 0 Å². The monoisotopic (exact) mass is 561 g/mol. The third-order valence-corrected chi connectivity index (χ3v) is 7.59. The normalized spacial score (nSPS) is 14.7. The van der Waals surface area contributed by atoms with E-state index in [1.807, 2.05) is 22.4 Å². The molecular weight excluding hydrogens is 533 g/mol. The molecule has 0 spiro atoms. The highest BCUT2D eigenvalue weighted by Crippen LogP contribution is 2.34. The van der Waals surface area contributed by atoms with Gasteiger partial charge in [0.15, 0.2) is 0 Å². The van der Waals surface area contributed by atoms with Crippen LogP contribution in [-0.2, 0) is 16.0 Å².